The number of hydrogen-bond donors (Lipinski definition) is 4. The molecule has 0 heterocycles. The highest BCUT2D eigenvalue weighted by molar-refractivity contribution is 5.25. The number of aryl methyl sites for hydroxylation is 1. The second-order valence-electron chi connectivity index (χ2n) is 4.96. The minimum Gasteiger partial charge on any atom is -0.395 e. The van der Waals surface area contributed by atoms with Crippen LogP contribution >= 0.6 is 0 Å². The summed E-state index contributed by atoms with van der Waals surface area (Å²) in [4.78, 5) is 0. The van der Waals surface area contributed by atoms with Crippen molar-refractivity contribution in [3.05, 3.63) is 35.4 Å². The molecule has 1 rings (SSSR count). The molecule has 4 heteroatoms. The second-order valence-corrected chi connectivity index (χ2v) is 4.96. The van der Waals surface area contributed by atoms with Crippen molar-refractivity contribution < 1.29 is 10.2 Å². The quantitative estimate of drug-likeness (QED) is 0.568. The molecule has 1 aromatic rings. The zero-order chi connectivity index (χ0) is 13.5. The molecule has 6 N–H and O–H groups in total. The van der Waals surface area contributed by atoms with Gasteiger partial charge in [0.25, 0.3) is 0 Å². The van der Waals surface area contributed by atoms with Crippen LogP contribution in [0.25, 0.3) is 0 Å². The summed E-state index contributed by atoms with van der Waals surface area (Å²) >= 11 is 0. The number of aliphatic hydroxyl groups is 2. The Morgan fingerprint density at radius 1 is 0.944 bits per heavy atom. The summed E-state index contributed by atoms with van der Waals surface area (Å²) in [6.07, 6.45) is 1.35. The van der Waals surface area contributed by atoms with Gasteiger partial charge in [-0.1, -0.05) is 29.8 Å². The lowest BCUT2D eigenvalue weighted by Crippen LogP contribution is -2.31. The fourth-order valence-electron chi connectivity index (χ4n) is 2.09. The number of aliphatic hydroxyl groups excluding tert-OH is 2. The topological polar surface area (TPSA) is 92.5 Å². The molecule has 0 amide bonds. The zero-order valence-electron chi connectivity index (χ0n) is 10.9. The summed E-state index contributed by atoms with van der Waals surface area (Å²) in [6, 6.07) is 7.74. The third-order valence-corrected chi connectivity index (χ3v) is 3.19. The molecule has 0 radical (unpaired) electrons. The van der Waals surface area contributed by atoms with Gasteiger partial charge in [-0.15, -0.1) is 0 Å². The second kappa shape index (κ2) is 7.48. The lowest BCUT2D eigenvalue weighted by molar-refractivity contribution is 0.235. The maximum Gasteiger partial charge on any atom is 0.0582 e. The Morgan fingerprint density at radius 3 is 1.78 bits per heavy atom. The SMILES string of the molecule is Cc1ccc(C(CC(N)CO)CC(N)CO)cc1. The fraction of sp³-hybridized carbons (Fsp3) is 0.571. The molecule has 2 atom stereocenters. The summed E-state index contributed by atoms with van der Waals surface area (Å²) in [5, 5.41) is 18.1. The first-order chi connectivity index (χ1) is 8.56. The van der Waals surface area contributed by atoms with Crippen molar-refractivity contribution in [2.45, 2.75) is 37.8 Å². The van der Waals surface area contributed by atoms with Gasteiger partial charge in [-0.2, -0.15) is 0 Å². The molecule has 0 saturated carbocycles. The number of rotatable bonds is 7. The summed E-state index contributed by atoms with van der Waals surface area (Å²) < 4.78 is 0. The zero-order valence-corrected chi connectivity index (χ0v) is 10.9. The maximum absolute atomic E-state index is 9.06. The van der Waals surface area contributed by atoms with Gasteiger partial charge < -0.3 is 21.7 Å². The summed E-state index contributed by atoms with van der Waals surface area (Å²) in [5.74, 6) is 0.176. The van der Waals surface area contributed by atoms with Crippen molar-refractivity contribution in [2.24, 2.45) is 11.5 Å². The molecule has 0 aliphatic carbocycles. The molecule has 4 nitrogen and oxygen atoms in total. The average molecular weight is 252 g/mol. The lowest BCUT2D eigenvalue weighted by atomic mass is 9.87. The van der Waals surface area contributed by atoms with Crippen LogP contribution < -0.4 is 11.5 Å². The Morgan fingerprint density at radius 2 is 1.39 bits per heavy atom. The lowest BCUT2D eigenvalue weighted by Gasteiger charge is -2.23. The predicted molar refractivity (Wildman–Crippen MR) is 73.3 cm³/mol. The largest absolute Gasteiger partial charge is 0.395 e. The van der Waals surface area contributed by atoms with Gasteiger partial charge in [0.2, 0.25) is 0 Å². The van der Waals surface area contributed by atoms with E-state index in [0.717, 1.165) is 5.56 Å². The van der Waals surface area contributed by atoms with E-state index in [1.54, 1.807) is 0 Å². The van der Waals surface area contributed by atoms with E-state index >= 15 is 0 Å². The van der Waals surface area contributed by atoms with Crippen molar-refractivity contribution in [3.8, 4) is 0 Å². The molecule has 2 unspecified atom stereocenters. The Bertz CT molecular complexity index is 328. The van der Waals surface area contributed by atoms with Crippen LogP contribution in [-0.2, 0) is 0 Å². The maximum atomic E-state index is 9.06. The fourth-order valence-corrected chi connectivity index (χ4v) is 2.09. The standard InChI is InChI=1S/C14H24N2O2/c1-10-2-4-11(5-3-10)12(6-13(15)8-17)7-14(16)9-18/h2-5,12-14,17-18H,6-9,15-16H2,1H3. The molecular weight excluding hydrogens is 228 g/mol. The highest BCUT2D eigenvalue weighted by atomic mass is 16.3. The van der Waals surface area contributed by atoms with Crippen LogP contribution in [0.4, 0.5) is 0 Å². The van der Waals surface area contributed by atoms with Crippen LogP contribution in [0.15, 0.2) is 24.3 Å². The average Bonchev–Trinajstić information content (AvgIpc) is 2.38. The Kier molecular flexibility index (Phi) is 6.29. The van der Waals surface area contributed by atoms with Gasteiger partial charge in [0.15, 0.2) is 0 Å². The summed E-state index contributed by atoms with van der Waals surface area (Å²) in [7, 11) is 0. The molecule has 0 aliphatic heterocycles. The molecule has 0 spiro atoms. The van der Waals surface area contributed by atoms with E-state index in [0.29, 0.717) is 12.8 Å². The smallest absolute Gasteiger partial charge is 0.0582 e. The highest BCUT2D eigenvalue weighted by Gasteiger charge is 2.18. The molecular formula is C14H24N2O2. The van der Waals surface area contributed by atoms with E-state index in [-0.39, 0.29) is 31.2 Å². The number of nitrogens with two attached hydrogens (primary N) is 2. The van der Waals surface area contributed by atoms with Gasteiger partial charge in [-0.05, 0) is 31.2 Å². The van der Waals surface area contributed by atoms with Crippen molar-refractivity contribution >= 4 is 0 Å². The van der Waals surface area contributed by atoms with Crippen molar-refractivity contribution in [3.63, 3.8) is 0 Å². The molecule has 18 heavy (non-hydrogen) atoms. The van der Waals surface area contributed by atoms with E-state index in [9.17, 15) is 0 Å². The molecule has 0 saturated heterocycles. The van der Waals surface area contributed by atoms with Crippen LogP contribution in [0.1, 0.15) is 29.9 Å². The van der Waals surface area contributed by atoms with Crippen LogP contribution in [0.2, 0.25) is 0 Å². The van der Waals surface area contributed by atoms with Gasteiger partial charge in [0.05, 0.1) is 13.2 Å². The van der Waals surface area contributed by atoms with Crippen LogP contribution in [-0.4, -0.2) is 35.5 Å². The van der Waals surface area contributed by atoms with Crippen molar-refractivity contribution in [1.29, 1.82) is 0 Å². The van der Waals surface area contributed by atoms with Crippen LogP contribution in [0.3, 0.4) is 0 Å². The van der Waals surface area contributed by atoms with E-state index in [1.807, 2.05) is 6.92 Å². The van der Waals surface area contributed by atoms with Crippen molar-refractivity contribution in [2.75, 3.05) is 13.2 Å². The van der Waals surface area contributed by atoms with Gasteiger partial charge in [0, 0.05) is 12.1 Å². The molecule has 0 aromatic heterocycles. The van der Waals surface area contributed by atoms with Gasteiger partial charge in [-0.3, -0.25) is 0 Å². The number of hydrogen-bond acceptors (Lipinski definition) is 4. The molecule has 0 aliphatic rings. The Hall–Kier alpha value is -0.940. The number of benzene rings is 1. The van der Waals surface area contributed by atoms with E-state index in [4.69, 9.17) is 21.7 Å². The van der Waals surface area contributed by atoms with Gasteiger partial charge in [0.1, 0.15) is 0 Å². The van der Waals surface area contributed by atoms with Crippen molar-refractivity contribution in [1.82, 2.24) is 0 Å². The summed E-state index contributed by atoms with van der Waals surface area (Å²) in [5.41, 5.74) is 14.0. The third-order valence-electron chi connectivity index (χ3n) is 3.19. The third kappa shape index (κ3) is 4.74. The Labute approximate surface area is 109 Å². The van der Waals surface area contributed by atoms with E-state index in [2.05, 4.69) is 24.3 Å². The van der Waals surface area contributed by atoms with E-state index < -0.39 is 0 Å². The minimum atomic E-state index is -0.248. The Balaban J connectivity index is 2.78. The highest BCUT2D eigenvalue weighted by Crippen LogP contribution is 2.26. The van der Waals surface area contributed by atoms with Gasteiger partial charge in [-0.25, -0.2) is 0 Å². The molecule has 0 bridgehead atoms. The van der Waals surface area contributed by atoms with Crippen LogP contribution in [0, 0.1) is 6.92 Å². The monoisotopic (exact) mass is 252 g/mol. The van der Waals surface area contributed by atoms with Gasteiger partial charge >= 0.3 is 0 Å². The molecule has 102 valence electrons. The first-order valence-corrected chi connectivity index (χ1v) is 6.36. The molecule has 0 fully saturated rings. The normalized spacial score (nSPS) is 16.3. The summed E-state index contributed by atoms with van der Waals surface area (Å²) in [6.45, 7) is 1.98. The predicted octanol–water partition coefficient (Wildman–Crippen LogP) is 0.498. The molecule has 1 aromatic carbocycles. The van der Waals surface area contributed by atoms with Crippen LogP contribution in [0.5, 0.6) is 0 Å². The first-order valence-electron chi connectivity index (χ1n) is 6.36. The van der Waals surface area contributed by atoms with E-state index in [1.165, 1.54) is 5.56 Å². The minimum absolute atomic E-state index is 0.0310. The first kappa shape index (κ1) is 15.1.